The molecule has 0 amide bonds. The van der Waals surface area contributed by atoms with E-state index < -0.39 is 16.3 Å². The minimum Gasteiger partial charge on any atom is -0.392 e. The van der Waals surface area contributed by atoms with Gasteiger partial charge in [0.2, 0.25) is 0 Å². The summed E-state index contributed by atoms with van der Waals surface area (Å²) >= 11 is 0. The van der Waals surface area contributed by atoms with Crippen molar-refractivity contribution in [1.82, 2.24) is 9.03 Å². The molecule has 1 spiro atoms. The highest BCUT2D eigenvalue weighted by atomic mass is 32.2. The summed E-state index contributed by atoms with van der Waals surface area (Å²) in [7, 11) is -0.417. The van der Waals surface area contributed by atoms with Crippen LogP contribution in [0.25, 0.3) is 0 Å². The Hall–Kier alpha value is -0.210. The third kappa shape index (κ3) is 3.11. The Morgan fingerprint density at radius 2 is 1.95 bits per heavy atom. The molecule has 1 aliphatic heterocycles. The average Bonchev–Trinajstić information content (AvgIpc) is 2.66. The van der Waals surface area contributed by atoms with Gasteiger partial charge in [-0.25, -0.2) is 4.72 Å². The number of hydrogen-bond donors (Lipinski definition) is 2. The quantitative estimate of drug-likeness (QED) is 0.761. The van der Waals surface area contributed by atoms with E-state index in [0.717, 1.165) is 30.0 Å². The summed E-state index contributed by atoms with van der Waals surface area (Å²) in [6, 6.07) is 0. The minimum atomic E-state index is -3.40. The number of hydrogen-bond acceptors (Lipinski definition) is 4. The maximum absolute atomic E-state index is 11.7. The first-order valence-electron chi connectivity index (χ1n) is 6.80. The highest BCUT2D eigenvalue weighted by Gasteiger charge is 2.48. The van der Waals surface area contributed by atoms with Gasteiger partial charge in [-0.2, -0.15) is 12.7 Å². The molecule has 1 saturated carbocycles. The van der Waals surface area contributed by atoms with Crippen LogP contribution in [0.3, 0.4) is 0 Å². The number of ether oxygens (including phenoxy) is 1. The first kappa shape index (κ1) is 15.2. The van der Waals surface area contributed by atoms with Gasteiger partial charge in [-0.1, -0.05) is 0 Å². The molecular formula is C12H24N2O4S. The molecule has 2 fully saturated rings. The van der Waals surface area contributed by atoms with Crippen LogP contribution in [0.5, 0.6) is 0 Å². The third-order valence-electron chi connectivity index (χ3n) is 4.58. The van der Waals surface area contributed by atoms with E-state index in [0.29, 0.717) is 19.8 Å². The topological polar surface area (TPSA) is 78.9 Å². The van der Waals surface area contributed by atoms with Gasteiger partial charge >= 0.3 is 0 Å². The lowest BCUT2D eigenvalue weighted by Crippen LogP contribution is -2.43. The molecule has 1 saturated heterocycles. The summed E-state index contributed by atoms with van der Waals surface area (Å²) in [6.07, 6.45) is 3.17. The Bertz CT molecular complexity index is 404. The lowest BCUT2D eigenvalue weighted by Gasteiger charge is -2.37. The molecule has 0 unspecified atom stereocenters. The van der Waals surface area contributed by atoms with Crippen LogP contribution in [-0.2, 0) is 14.9 Å². The molecule has 2 atom stereocenters. The number of rotatable bonds is 4. The summed E-state index contributed by atoms with van der Waals surface area (Å²) < 4.78 is 32.4. The second kappa shape index (κ2) is 5.65. The summed E-state index contributed by atoms with van der Waals surface area (Å²) in [4.78, 5) is 0. The zero-order valence-corrected chi connectivity index (χ0v) is 12.4. The molecule has 1 heterocycles. The van der Waals surface area contributed by atoms with Crippen molar-refractivity contribution in [2.75, 3.05) is 33.9 Å². The zero-order valence-electron chi connectivity index (χ0n) is 11.6. The van der Waals surface area contributed by atoms with E-state index >= 15 is 0 Å². The second-order valence-electron chi connectivity index (χ2n) is 5.85. The molecule has 1 aliphatic carbocycles. The Balaban J connectivity index is 1.93. The molecule has 0 aromatic rings. The van der Waals surface area contributed by atoms with Crippen molar-refractivity contribution < 1.29 is 18.3 Å². The van der Waals surface area contributed by atoms with Crippen LogP contribution in [0, 0.1) is 11.3 Å². The molecule has 0 aromatic heterocycles. The summed E-state index contributed by atoms with van der Waals surface area (Å²) in [5, 5.41) is 10.5. The van der Waals surface area contributed by atoms with E-state index in [9.17, 15) is 13.5 Å². The van der Waals surface area contributed by atoms with E-state index in [1.54, 1.807) is 0 Å². The normalized spacial score (nSPS) is 31.2. The van der Waals surface area contributed by atoms with E-state index in [1.165, 1.54) is 14.1 Å². The van der Waals surface area contributed by atoms with Crippen LogP contribution < -0.4 is 4.72 Å². The lowest BCUT2D eigenvalue weighted by molar-refractivity contribution is -0.0552. The van der Waals surface area contributed by atoms with Crippen molar-refractivity contribution in [3.8, 4) is 0 Å². The monoisotopic (exact) mass is 292 g/mol. The van der Waals surface area contributed by atoms with E-state index in [2.05, 4.69) is 4.72 Å². The summed E-state index contributed by atoms with van der Waals surface area (Å²) in [6.45, 7) is 1.71. The minimum absolute atomic E-state index is 0.00725. The van der Waals surface area contributed by atoms with Gasteiger partial charge in [0.05, 0.1) is 6.10 Å². The fourth-order valence-electron chi connectivity index (χ4n) is 3.16. The highest BCUT2D eigenvalue weighted by Crippen LogP contribution is 2.48. The molecule has 19 heavy (non-hydrogen) atoms. The molecule has 2 rings (SSSR count). The molecular weight excluding hydrogens is 268 g/mol. The maximum Gasteiger partial charge on any atom is 0.278 e. The van der Waals surface area contributed by atoms with Gasteiger partial charge in [-0.15, -0.1) is 0 Å². The fourth-order valence-corrected chi connectivity index (χ4v) is 3.84. The molecule has 0 bridgehead atoms. The molecule has 2 aliphatic rings. The average molecular weight is 292 g/mol. The van der Waals surface area contributed by atoms with Crippen molar-refractivity contribution in [2.24, 2.45) is 11.3 Å². The van der Waals surface area contributed by atoms with E-state index in [-0.39, 0.29) is 11.3 Å². The van der Waals surface area contributed by atoms with Crippen molar-refractivity contribution >= 4 is 10.2 Å². The predicted octanol–water partition coefficient (Wildman–Crippen LogP) is -0.0499. The molecule has 0 aromatic carbocycles. The molecule has 6 nitrogen and oxygen atoms in total. The molecule has 2 N–H and O–H groups in total. The van der Waals surface area contributed by atoms with Crippen LogP contribution in [0.1, 0.15) is 25.7 Å². The van der Waals surface area contributed by atoms with Crippen molar-refractivity contribution in [3.63, 3.8) is 0 Å². The van der Waals surface area contributed by atoms with Gasteiger partial charge in [-0.3, -0.25) is 0 Å². The van der Waals surface area contributed by atoms with Gasteiger partial charge in [0.25, 0.3) is 10.2 Å². The van der Waals surface area contributed by atoms with E-state index in [1.807, 2.05) is 0 Å². The van der Waals surface area contributed by atoms with E-state index in [4.69, 9.17) is 4.74 Å². The maximum atomic E-state index is 11.7. The Morgan fingerprint density at radius 3 is 2.53 bits per heavy atom. The number of nitrogens with zero attached hydrogens (tertiary/aromatic N) is 1. The molecule has 112 valence electrons. The van der Waals surface area contributed by atoms with Crippen LogP contribution in [0.2, 0.25) is 0 Å². The SMILES string of the molecule is CN(C)S(=O)(=O)NC[C@@H]1CCC2(CCOCC2)[C@H]1O. The van der Waals surface area contributed by atoms with Crippen molar-refractivity contribution in [1.29, 1.82) is 0 Å². The van der Waals surface area contributed by atoms with Gasteiger partial charge < -0.3 is 9.84 Å². The first-order valence-corrected chi connectivity index (χ1v) is 8.24. The number of nitrogens with one attached hydrogen (secondary N) is 1. The second-order valence-corrected chi connectivity index (χ2v) is 7.82. The summed E-state index contributed by atoms with van der Waals surface area (Å²) in [5.74, 6) is 0.00725. The Labute approximate surface area is 115 Å². The van der Waals surface area contributed by atoms with Crippen molar-refractivity contribution in [2.45, 2.75) is 31.8 Å². The van der Waals surface area contributed by atoms with Gasteiger partial charge in [-0.05, 0) is 31.6 Å². The highest BCUT2D eigenvalue weighted by molar-refractivity contribution is 7.87. The van der Waals surface area contributed by atoms with Gasteiger partial charge in [0.1, 0.15) is 0 Å². The number of aliphatic hydroxyl groups excluding tert-OH is 1. The van der Waals surface area contributed by atoms with Crippen LogP contribution in [0.4, 0.5) is 0 Å². The smallest absolute Gasteiger partial charge is 0.278 e. The lowest BCUT2D eigenvalue weighted by atomic mass is 9.76. The molecule has 7 heteroatoms. The Kier molecular flexibility index (Phi) is 4.52. The standard InChI is InChI=1S/C12H24N2O4S/c1-14(2)19(16,17)13-9-10-3-4-12(11(10)15)5-7-18-8-6-12/h10-11,13,15H,3-9H2,1-2H3/t10-,11-/m0/s1. The molecule has 0 radical (unpaired) electrons. The number of aliphatic hydroxyl groups is 1. The first-order chi connectivity index (χ1) is 8.87. The fraction of sp³-hybridized carbons (Fsp3) is 1.00. The Morgan fingerprint density at radius 1 is 1.32 bits per heavy atom. The predicted molar refractivity (Wildman–Crippen MR) is 71.8 cm³/mol. The van der Waals surface area contributed by atoms with Crippen LogP contribution in [-0.4, -0.2) is 57.8 Å². The van der Waals surface area contributed by atoms with Gasteiger partial charge in [0.15, 0.2) is 0 Å². The van der Waals surface area contributed by atoms with Crippen LogP contribution in [0.15, 0.2) is 0 Å². The largest absolute Gasteiger partial charge is 0.392 e. The zero-order chi connectivity index (χ0) is 14.1. The summed E-state index contributed by atoms with van der Waals surface area (Å²) in [5.41, 5.74) is -0.0491. The van der Waals surface area contributed by atoms with Gasteiger partial charge in [0, 0.05) is 39.3 Å². The third-order valence-corrected chi connectivity index (χ3v) is 6.08. The van der Waals surface area contributed by atoms with Crippen LogP contribution >= 0.6 is 0 Å². The van der Waals surface area contributed by atoms with Crippen molar-refractivity contribution in [3.05, 3.63) is 0 Å².